The maximum atomic E-state index is 11.0. The van der Waals surface area contributed by atoms with E-state index in [4.69, 9.17) is 5.11 Å². The molecule has 0 aliphatic heterocycles. The molecular weight excluding hydrogens is 220 g/mol. The largest absolute Gasteiger partial charge is 0.478 e. The molecule has 1 aliphatic rings. The van der Waals surface area contributed by atoms with Gasteiger partial charge in [0.15, 0.2) is 0 Å². The Morgan fingerprint density at radius 3 is 2.56 bits per heavy atom. The van der Waals surface area contributed by atoms with Crippen LogP contribution in [-0.2, 0) is 0 Å². The molecular formula is C13H16O2S. The quantitative estimate of drug-likeness (QED) is 0.813. The van der Waals surface area contributed by atoms with E-state index in [9.17, 15) is 4.79 Å². The van der Waals surface area contributed by atoms with E-state index in [0.29, 0.717) is 11.5 Å². The number of hydrogen-bond donors (Lipinski definition) is 1. The van der Waals surface area contributed by atoms with E-state index in [-0.39, 0.29) is 0 Å². The lowest BCUT2D eigenvalue weighted by Crippen LogP contribution is -2.12. The van der Waals surface area contributed by atoms with Crippen LogP contribution in [0.1, 0.15) is 46.7 Å². The lowest BCUT2D eigenvalue weighted by atomic mass is 9.79. The number of carboxylic acids is 1. The molecule has 16 heavy (non-hydrogen) atoms. The second-order valence-electron chi connectivity index (χ2n) is 4.29. The maximum Gasteiger partial charge on any atom is 0.335 e. The molecule has 0 atom stereocenters. The molecule has 1 aromatic rings. The van der Waals surface area contributed by atoms with E-state index in [1.165, 1.54) is 29.7 Å². The minimum absolute atomic E-state index is 0.437. The first-order chi connectivity index (χ1) is 7.65. The fourth-order valence-corrected chi connectivity index (χ4v) is 3.14. The van der Waals surface area contributed by atoms with E-state index in [2.05, 4.69) is 0 Å². The summed E-state index contributed by atoms with van der Waals surface area (Å²) in [6.07, 6.45) is 5.83. The first-order valence-electron chi connectivity index (χ1n) is 5.56. The standard InChI is InChI=1S/C13H16O2S/c1-8-10(13(14)15)6-7-11(12(8)16-2)9-4-3-5-9/h6-7,9H,3-5H2,1-2H3,(H,14,15). The minimum atomic E-state index is -0.826. The van der Waals surface area contributed by atoms with Crippen molar-refractivity contribution < 1.29 is 9.90 Å². The summed E-state index contributed by atoms with van der Waals surface area (Å²) >= 11 is 1.67. The van der Waals surface area contributed by atoms with Crippen LogP contribution in [0, 0.1) is 6.92 Å². The normalized spacial score (nSPS) is 15.9. The van der Waals surface area contributed by atoms with E-state index in [1.807, 2.05) is 19.2 Å². The Bertz CT molecular complexity index is 422. The smallest absolute Gasteiger partial charge is 0.335 e. The van der Waals surface area contributed by atoms with E-state index in [0.717, 1.165) is 5.56 Å². The zero-order valence-corrected chi connectivity index (χ0v) is 10.4. The molecule has 1 N–H and O–H groups in total. The second-order valence-corrected chi connectivity index (χ2v) is 5.11. The first-order valence-corrected chi connectivity index (χ1v) is 6.78. The van der Waals surface area contributed by atoms with Crippen molar-refractivity contribution in [1.82, 2.24) is 0 Å². The molecule has 0 aromatic heterocycles. The SMILES string of the molecule is CSc1c(C2CCC2)ccc(C(=O)O)c1C. The average molecular weight is 236 g/mol. The third-order valence-corrected chi connectivity index (χ3v) is 4.37. The molecule has 1 saturated carbocycles. The maximum absolute atomic E-state index is 11.0. The molecule has 0 bridgehead atoms. The molecule has 0 unspecified atom stereocenters. The van der Waals surface area contributed by atoms with Crippen LogP contribution < -0.4 is 0 Å². The molecule has 1 aliphatic carbocycles. The summed E-state index contributed by atoms with van der Waals surface area (Å²) in [5.41, 5.74) is 2.71. The van der Waals surface area contributed by atoms with Gasteiger partial charge in [-0.05, 0) is 49.1 Å². The highest BCUT2D eigenvalue weighted by Crippen LogP contribution is 2.42. The van der Waals surface area contributed by atoms with Gasteiger partial charge in [0, 0.05) is 4.90 Å². The zero-order chi connectivity index (χ0) is 11.7. The van der Waals surface area contributed by atoms with Crippen LogP contribution in [0.5, 0.6) is 0 Å². The van der Waals surface area contributed by atoms with Gasteiger partial charge in [-0.3, -0.25) is 0 Å². The third kappa shape index (κ3) is 1.84. The topological polar surface area (TPSA) is 37.3 Å². The lowest BCUT2D eigenvalue weighted by molar-refractivity contribution is 0.0695. The average Bonchev–Trinajstić information content (AvgIpc) is 2.15. The van der Waals surface area contributed by atoms with Crippen molar-refractivity contribution in [1.29, 1.82) is 0 Å². The van der Waals surface area contributed by atoms with Crippen LogP contribution in [0.2, 0.25) is 0 Å². The summed E-state index contributed by atoms with van der Waals surface area (Å²) in [5, 5.41) is 9.08. The number of carboxylic acid groups (broad SMARTS) is 1. The number of benzene rings is 1. The Morgan fingerprint density at radius 1 is 1.44 bits per heavy atom. The van der Waals surface area contributed by atoms with Crippen molar-refractivity contribution >= 4 is 17.7 Å². The first kappa shape index (κ1) is 11.5. The molecule has 0 spiro atoms. The Morgan fingerprint density at radius 2 is 2.12 bits per heavy atom. The van der Waals surface area contributed by atoms with Crippen LogP contribution in [0.4, 0.5) is 0 Å². The van der Waals surface area contributed by atoms with E-state index < -0.39 is 5.97 Å². The van der Waals surface area contributed by atoms with Crippen molar-refractivity contribution in [2.75, 3.05) is 6.26 Å². The number of hydrogen-bond acceptors (Lipinski definition) is 2. The van der Waals surface area contributed by atoms with Crippen LogP contribution in [0.15, 0.2) is 17.0 Å². The van der Waals surface area contributed by atoms with E-state index >= 15 is 0 Å². The van der Waals surface area contributed by atoms with Gasteiger partial charge < -0.3 is 5.11 Å². The lowest BCUT2D eigenvalue weighted by Gasteiger charge is -2.28. The summed E-state index contributed by atoms with van der Waals surface area (Å²) in [6, 6.07) is 3.76. The van der Waals surface area contributed by atoms with Crippen molar-refractivity contribution in [2.24, 2.45) is 0 Å². The van der Waals surface area contributed by atoms with Crippen molar-refractivity contribution in [3.63, 3.8) is 0 Å². The summed E-state index contributed by atoms with van der Waals surface area (Å²) < 4.78 is 0. The predicted molar refractivity (Wildman–Crippen MR) is 66.5 cm³/mol. The molecule has 0 saturated heterocycles. The summed E-state index contributed by atoms with van der Waals surface area (Å²) in [6.45, 7) is 1.91. The molecule has 1 aromatic carbocycles. The van der Waals surface area contributed by atoms with Gasteiger partial charge in [-0.15, -0.1) is 11.8 Å². The number of carbonyl (C=O) groups is 1. The van der Waals surface area contributed by atoms with Crippen LogP contribution in [-0.4, -0.2) is 17.3 Å². The minimum Gasteiger partial charge on any atom is -0.478 e. The molecule has 2 rings (SSSR count). The van der Waals surface area contributed by atoms with Gasteiger partial charge >= 0.3 is 5.97 Å². The predicted octanol–water partition coefficient (Wildman–Crippen LogP) is 3.68. The van der Waals surface area contributed by atoms with E-state index in [1.54, 1.807) is 17.8 Å². The summed E-state index contributed by atoms with van der Waals surface area (Å²) in [4.78, 5) is 12.2. The van der Waals surface area contributed by atoms with Gasteiger partial charge in [-0.2, -0.15) is 0 Å². The van der Waals surface area contributed by atoms with Crippen molar-refractivity contribution in [3.05, 3.63) is 28.8 Å². The Hall–Kier alpha value is -0.960. The monoisotopic (exact) mass is 236 g/mol. The molecule has 0 amide bonds. The Balaban J connectivity index is 2.47. The van der Waals surface area contributed by atoms with Gasteiger partial charge in [0.05, 0.1) is 5.56 Å². The number of rotatable bonds is 3. The van der Waals surface area contributed by atoms with Crippen LogP contribution in [0.25, 0.3) is 0 Å². The zero-order valence-electron chi connectivity index (χ0n) is 9.62. The fourth-order valence-electron chi connectivity index (χ4n) is 2.26. The molecule has 1 fully saturated rings. The second kappa shape index (κ2) is 4.50. The molecule has 0 heterocycles. The highest BCUT2D eigenvalue weighted by molar-refractivity contribution is 7.98. The Labute approximate surface area is 100 Å². The van der Waals surface area contributed by atoms with Gasteiger partial charge in [0.25, 0.3) is 0 Å². The van der Waals surface area contributed by atoms with Crippen molar-refractivity contribution in [2.45, 2.75) is 37.0 Å². The number of thioether (sulfide) groups is 1. The molecule has 86 valence electrons. The molecule has 2 nitrogen and oxygen atoms in total. The Kier molecular flexibility index (Phi) is 3.24. The summed E-state index contributed by atoms with van der Waals surface area (Å²) in [5.74, 6) is -0.169. The van der Waals surface area contributed by atoms with Crippen LogP contribution in [0.3, 0.4) is 0 Å². The third-order valence-electron chi connectivity index (χ3n) is 3.42. The van der Waals surface area contributed by atoms with Gasteiger partial charge in [-0.1, -0.05) is 12.5 Å². The summed E-state index contributed by atoms with van der Waals surface area (Å²) in [7, 11) is 0. The highest BCUT2D eigenvalue weighted by Gasteiger charge is 2.24. The van der Waals surface area contributed by atoms with Gasteiger partial charge in [0.2, 0.25) is 0 Å². The van der Waals surface area contributed by atoms with Gasteiger partial charge in [-0.25, -0.2) is 4.79 Å². The fraction of sp³-hybridized carbons (Fsp3) is 0.462. The number of aromatic carboxylic acids is 1. The highest BCUT2D eigenvalue weighted by atomic mass is 32.2. The van der Waals surface area contributed by atoms with Crippen LogP contribution >= 0.6 is 11.8 Å². The van der Waals surface area contributed by atoms with Gasteiger partial charge in [0.1, 0.15) is 0 Å². The van der Waals surface area contributed by atoms with Crippen molar-refractivity contribution in [3.8, 4) is 0 Å². The molecule has 3 heteroatoms. The molecule has 0 radical (unpaired) electrons.